The quantitative estimate of drug-likeness (QED) is 0.570. The molecule has 0 aliphatic heterocycles. The van der Waals surface area contributed by atoms with E-state index in [2.05, 4.69) is 0 Å². The van der Waals surface area contributed by atoms with E-state index in [-0.39, 0.29) is 18.0 Å². The van der Waals surface area contributed by atoms with Crippen molar-refractivity contribution in [1.82, 2.24) is 4.31 Å². The monoisotopic (exact) mass is 391 g/mol. The van der Waals surface area contributed by atoms with Crippen molar-refractivity contribution in [3.05, 3.63) is 70.3 Å². The molecular formula is C19H21NO4S2. The van der Waals surface area contributed by atoms with Crippen LogP contribution < -0.4 is 4.74 Å². The molecule has 26 heavy (non-hydrogen) atoms. The number of hydrogen-bond acceptors (Lipinski definition) is 5. The lowest BCUT2D eigenvalue weighted by Crippen LogP contribution is -2.30. The van der Waals surface area contributed by atoms with Gasteiger partial charge in [0.25, 0.3) is 0 Å². The molecule has 2 aromatic heterocycles. The van der Waals surface area contributed by atoms with Crippen molar-refractivity contribution >= 4 is 21.4 Å². The molecule has 0 atom stereocenters. The maximum absolute atomic E-state index is 13.4. The van der Waals surface area contributed by atoms with Crippen molar-refractivity contribution in [2.45, 2.75) is 31.8 Å². The van der Waals surface area contributed by atoms with Gasteiger partial charge in [-0.1, -0.05) is 6.07 Å². The van der Waals surface area contributed by atoms with Crippen LogP contribution in [0.5, 0.6) is 5.75 Å². The third kappa shape index (κ3) is 4.17. The van der Waals surface area contributed by atoms with Crippen LogP contribution in [0.2, 0.25) is 0 Å². The Kier molecular flexibility index (Phi) is 5.80. The summed E-state index contributed by atoms with van der Waals surface area (Å²) in [4.78, 5) is 0.182. The van der Waals surface area contributed by atoms with E-state index in [0.29, 0.717) is 18.1 Å². The van der Waals surface area contributed by atoms with Crippen molar-refractivity contribution in [2.75, 3.05) is 6.61 Å². The first kappa shape index (κ1) is 18.7. The Bertz CT molecular complexity index is 896. The first-order valence-electron chi connectivity index (χ1n) is 8.27. The van der Waals surface area contributed by atoms with Gasteiger partial charge in [0.1, 0.15) is 16.4 Å². The van der Waals surface area contributed by atoms with Crippen LogP contribution in [0.3, 0.4) is 0 Å². The number of sulfonamides is 1. The van der Waals surface area contributed by atoms with Crippen molar-refractivity contribution in [2.24, 2.45) is 0 Å². The zero-order chi connectivity index (χ0) is 18.6. The lowest BCUT2D eigenvalue weighted by atomic mass is 10.2. The average Bonchev–Trinajstić information content (AvgIpc) is 3.30. The summed E-state index contributed by atoms with van der Waals surface area (Å²) in [6.45, 7) is 4.53. The summed E-state index contributed by atoms with van der Waals surface area (Å²) >= 11 is 1.54. The average molecular weight is 392 g/mol. The van der Waals surface area contributed by atoms with E-state index >= 15 is 0 Å². The van der Waals surface area contributed by atoms with Gasteiger partial charge in [-0.05, 0) is 66.1 Å². The number of nitrogens with zero attached hydrogens (tertiary/aromatic N) is 1. The maximum Gasteiger partial charge on any atom is 0.247 e. The summed E-state index contributed by atoms with van der Waals surface area (Å²) in [6.07, 6.45) is 1.54. The highest BCUT2D eigenvalue weighted by atomic mass is 32.2. The second kappa shape index (κ2) is 8.07. The normalized spacial score (nSPS) is 11.8. The third-order valence-electron chi connectivity index (χ3n) is 3.87. The molecule has 1 aromatic carbocycles. The topological polar surface area (TPSA) is 59.8 Å². The van der Waals surface area contributed by atoms with E-state index in [9.17, 15) is 8.42 Å². The van der Waals surface area contributed by atoms with E-state index in [1.807, 2.05) is 36.7 Å². The largest absolute Gasteiger partial charge is 0.492 e. The van der Waals surface area contributed by atoms with Gasteiger partial charge >= 0.3 is 0 Å². The predicted molar refractivity (Wildman–Crippen MR) is 102 cm³/mol. The summed E-state index contributed by atoms with van der Waals surface area (Å²) in [5, 5.41) is 3.88. The number of hydrogen-bond donors (Lipinski definition) is 0. The fraction of sp³-hybridized carbons (Fsp3) is 0.263. The Morgan fingerprint density at radius 1 is 1.19 bits per heavy atom. The van der Waals surface area contributed by atoms with Gasteiger partial charge in [-0.25, -0.2) is 8.42 Å². The van der Waals surface area contributed by atoms with Gasteiger partial charge in [0.2, 0.25) is 10.0 Å². The van der Waals surface area contributed by atoms with Crippen LogP contribution in [0.4, 0.5) is 0 Å². The van der Waals surface area contributed by atoms with Crippen molar-refractivity contribution in [1.29, 1.82) is 0 Å². The second-order valence-corrected chi connectivity index (χ2v) is 8.55. The van der Waals surface area contributed by atoms with Crippen molar-refractivity contribution in [3.8, 4) is 5.75 Å². The Morgan fingerprint density at radius 2 is 2.04 bits per heavy atom. The van der Waals surface area contributed by atoms with Crippen LogP contribution in [-0.4, -0.2) is 19.3 Å². The molecule has 0 amide bonds. The molecule has 0 saturated heterocycles. The Hall–Kier alpha value is -2.09. The molecule has 5 nitrogen and oxygen atoms in total. The summed E-state index contributed by atoms with van der Waals surface area (Å²) in [6, 6.07) is 10.7. The number of aryl methyl sites for hydroxylation is 1. The summed E-state index contributed by atoms with van der Waals surface area (Å²) in [5.74, 6) is 0.960. The number of rotatable bonds is 8. The minimum Gasteiger partial charge on any atom is -0.492 e. The molecule has 7 heteroatoms. The van der Waals surface area contributed by atoms with Crippen LogP contribution in [0.1, 0.15) is 23.8 Å². The molecule has 3 aromatic rings. The van der Waals surface area contributed by atoms with Gasteiger partial charge < -0.3 is 9.15 Å². The van der Waals surface area contributed by atoms with Gasteiger partial charge in [0.15, 0.2) is 0 Å². The zero-order valence-corrected chi connectivity index (χ0v) is 16.3. The van der Waals surface area contributed by atoms with Gasteiger partial charge in [-0.2, -0.15) is 15.6 Å². The first-order chi connectivity index (χ1) is 12.5. The molecule has 138 valence electrons. The molecule has 0 aliphatic carbocycles. The molecule has 0 aliphatic rings. The fourth-order valence-electron chi connectivity index (χ4n) is 2.62. The summed E-state index contributed by atoms with van der Waals surface area (Å²) in [5.41, 5.74) is 1.80. The molecule has 2 heterocycles. The molecule has 0 saturated carbocycles. The van der Waals surface area contributed by atoms with E-state index in [4.69, 9.17) is 9.15 Å². The van der Waals surface area contributed by atoms with Gasteiger partial charge in [-0.15, -0.1) is 0 Å². The van der Waals surface area contributed by atoms with Gasteiger partial charge in [0, 0.05) is 6.54 Å². The van der Waals surface area contributed by atoms with Crippen LogP contribution in [0.15, 0.2) is 62.7 Å². The molecule has 0 fully saturated rings. The number of furan rings is 1. The van der Waals surface area contributed by atoms with E-state index < -0.39 is 10.0 Å². The lowest BCUT2D eigenvalue weighted by molar-refractivity contribution is 0.325. The second-order valence-electron chi connectivity index (χ2n) is 5.87. The SMILES string of the molecule is CCOc1ccc(C)cc1S(=O)(=O)N(Cc1ccsc1)Cc1ccco1. The number of ether oxygens (including phenoxy) is 1. The number of thiophene rings is 1. The fourth-order valence-corrected chi connectivity index (χ4v) is 4.89. The molecule has 0 N–H and O–H groups in total. The van der Waals surface area contributed by atoms with Crippen LogP contribution >= 0.6 is 11.3 Å². The minimum atomic E-state index is -3.78. The zero-order valence-electron chi connectivity index (χ0n) is 14.7. The first-order valence-corrected chi connectivity index (χ1v) is 10.7. The van der Waals surface area contributed by atoms with Crippen molar-refractivity contribution in [3.63, 3.8) is 0 Å². The van der Waals surface area contributed by atoms with Gasteiger partial charge in [0.05, 0.1) is 19.4 Å². The minimum absolute atomic E-state index is 0.157. The maximum atomic E-state index is 13.4. The van der Waals surface area contributed by atoms with Crippen LogP contribution in [-0.2, 0) is 23.1 Å². The molecule has 0 bridgehead atoms. The molecular weight excluding hydrogens is 370 g/mol. The molecule has 0 spiro atoms. The molecule has 0 unspecified atom stereocenters. The predicted octanol–water partition coefficient (Wildman–Crippen LogP) is 4.44. The standard InChI is InChI=1S/C19H21NO4S2/c1-3-23-18-7-6-15(2)11-19(18)26(21,22)20(12-16-8-10-25-14-16)13-17-5-4-9-24-17/h4-11,14H,3,12-13H2,1-2H3. The van der Waals surface area contributed by atoms with Crippen LogP contribution in [0, 0.1) is 6.92 Å². The molecule has 3 rings (SSSR count). The highest BCUT2D eigenvalue weighted by Crippen LogP contribution is 2.30. The third-order valence-corrected chi connectivity index (χ3v) is 6.41. The Labute approximate surface area is 157 Å². The summed E-state index contributed by atoms with van der Waals surface area (Å²) < 4.78 is 39.3. The van der Waals surface area contributed by atoms with Crippen LogP contribution in [0.25, 0.3) is 0 Å². The van der Waals surface area contributed by atoms with E-state index in [1.165, 1.54) is 4.31 Å². The summed E-state index contributed by atoms with van der Waals surface area (Å²) in [7, 11) is -3.78. The Balaban J connectivity index is 2.02. The smallest absolute Gasteiger partial charge is 0.247 e. The lowest BCUT2D eigenvalue weighted by Gasteiger charge is -2.22. The van der Waals surface area contributed by atoms with Gasteiger partial charge in [-0.3, -0.25) is 0 Å². The highest BCUT2D eigenvalue weighted by molar-refractivity contribution is 7.89. The number of benzene rings is 1. The Morgan fingerprint density at radius 3 is 2.69 bits per heavy atom. The highest BCUT2D eigenvalue weighted by Gasteiger charge is 2.29. The van der Waals surface area contributed by atoms with Crippen molar-refractivity contribution < 1.29 is 17.6 Å². The van der Waals surface area contributed by atoms with E-state index in [1.54, 1.807) is 41.9 Å². The molecule has 0 radical (unpaired) electrons. The van der Waals surface area contributed by atoms with E-state index in [0.717, 1.165) is 11.1 Å².